The third kappa shape index (κ3) is 4.87. The summed E-state index contributed by atoms with van der Waals surface area (Å²) in [5.74, 6) is -1.77. The van der Waals surface area contributed by atoms with Crippen LogP contribution in [0.4, 0.5) is 13.2 Å². The molecule has 0 unspecified atom stereocenters. The molecule has 0 fully saturated rings. The first-order valence-corrected chi connectivity index (χ1v) is 8.41. The van der Waals surface area contributed by atoms with Crippen LogP contribution in [0.5, 0.6) is 0 Å². The lowest BCUT2D eigenvalue weighted by molar-refractivity contribution is -0.139. The second-order valence-electron chi connectivity index (χ2n) is 6.11. The molecule has 0 aliphatic carbocycles. The molecule has 0 radical (unpaired) electrons. The van der Waals surface area contributed by atoms with Crippen LogP contribution >= 0.6 is 0 Å². The summed E-state index contributed by atoms with van der Waals surface area (Å²) in [6.45, 7) is 3.44. The molecule has 1 atom stereocenters. The van der Waals surface area contributed by atoms with E-state index in [2.05, 4.69) is 10.4 Å². The molecule has 0 saturated carbocycles. The first-order chi connectivity index (χ1) is 12.6. The van der Waals surface area contributed by atoms with Crippen LogP contribution in [0.1, 0.15) is 47.8 Å². The summed E-state index contributed by atoms with van der Waals surface area (Å²) < 4.78 is 39.9. The van der Waals surface area contributed by atoms with E-state index in [1.165, 1.54) is 29.9 Å². The van der Waals surface area contributed by atoms with Gasteiger partial charge in [-0.2, -0.15) is 18.3 Å². The lowest BCUT2D eigenvalue weighted by atomic mass is 10.1. The zero-order valence-electron chi connectivity index (χ0n) is 14.9. The fourth-order valence-electron chi connectivity index (χ4n) is 2.61. The number of nitrogens with one attached hydrogen (secondary N) is 1. The predicted molar refractivity (Wildman–Crippen MR) is 91.7 cm³/mol. The van der Waals surface area contributed by atoms with Crippen molar-refractivity contribution in [2.45, 2.75) is 45.3 Å². The summed E-state index contributed by atoms with van der Waals surface area (Å²) in [5, 5.41) is 15.6. The van der Waals surface area contributed by atoms with E-state index in [0.717, 1.165) is 18.6 Å². The van der Waals surface area contributed by atoms with E-state index in [1.807, 2.05) is 6.92 Å². The Morgan fingerprint density at radius 1 is 1.33 bits per heavy atom. The number of hydrogen-bond acceptors (Lipinski definition) is 3. The van der Waals surface area contributed by atoms with Crippen LogP contribution in [0, 0.1) is 6.92 Å². The number of halogens is 3. The molecular formula is C18H20F3N3O3. The minimum Gasteiger partial charge on any atom is -0.480 e. The molecule has 1 amide bonds. The second-order valence-corrected chi connectivity index (χ2v) is 6.11. The molecule has 0 spiro atoms. The van der Waals surface area contributed by atoms with Crippen molar-refractivity contribution in [2.75, 3.05) is 0 Å². The number of carbonyl (C=O) groups is 2. The van der Waals surface area contributed by atoms with Gasteiger partial charge >= 0.3 is 12.1 Å². The predicted octanol–water partition coefficient (Wildman–Crippen LogP) is 3.57. The van der Waals surface area contributed by atoms with Crippen molar-refractivity contribution in [3.05, 3.63) is 47.3 Å². The zero-order valence-corrected chi connectivity index (χ0v) is 14.9. The maximum atomic E-state index is 12.9. The molecule has 146 valence electrons. The van der Waals surface area contributed by atoms with Crippen molar-refractivity contribution < 1.29 is 27.9 Å². The Hall–Kier alpha value is -2.84. The Balaban J connectivity index is 2.26. The zero-order chi connectivity index (χ0) is 20.2. The molecule has 6 nitrogen and oxygen atoms in total. The van der Waals surface area contributed by atoms with Gasteiger partial charge in [-0.25, -0.2) is 9.48 Å². The molecule has 2 N–H and O–H groups in total. The van der Waals surface area contributed by atoms with Gasteiger partial charge in [-0.1, -0.05) is 25.8 Å². The molecule has 1 heterocycles. The number of unbranched alkanes of at least 4 members (excludes halogenated alkanes) is 1. The Bertz CT molecular complexity index is 831. The minimum atomic E-state index is -4.49. The number of nitrogens with zero attached hydrogens (tertiary/aromatic N) is 2. The summed E-state index contributed by atoms with van der Waals surface area (Å²) in [4.78, 5) is 23.7. The highest BCUT2D eigenvalue weighted by Gasteiger charge is 2.31. The number of aliphatic carboxylic acids is 1. The fraction of sp³-hybridized carbons (Fsp3) is 0.389. The topological polar surface area (TPSA) is 84.2 Å². The van der Waals surface area contributed by atoms with Gasteiger partial charge in [0.05, 0.1) is 28.7 Å². The van der Waals surface area contributed by atoms with Gasteiger partial charge in [0.25, 0.3) is 5.91 Å². The number of rotatable bonds is 7. The highest BCUT2D eigenvalue weighted by atomic mass is 19.4. The smallest absolute Gasteiger partial charge is 0.416 e. The van der Waals surface area contributed by atoms with Crippen LogP contribution in [-0.2, 0) is 11.0 Å². The number of carboxylic acids is 1. The molecule has 2 aromatic rings. The lowest BCUT2D eigenvalue weighted by Gasteiger charge is -2.14. The highest BCUT2D eigenvalue weighted by molar-refractivity contribution is 5.97. The Morgan fingerprint density at radius 2 is 2.04 bits per heavy atom. The SMILES string of the molecule is CCCC[C@H](NC(=O)c1cnn(-c2cccc(C(F)(F)F)c2)c1C)C(=O)O. The van der Waals surface area contributed by atoms with Crippen molar-refractivity contribution in [3.63, 3.8) is 0 Å². The minimum absolute atomic E-state index is 0.107. The van der Waals surface area contributed by atoms with Crippen LogP contribution in [-0.4, -0.2) is 32.8 Å². The van der Waals surface area contributed by atoms with Crippen LogP contribution in [0.25, 0.3) is 5.69 Å². The van der Waals surface area contributed by atoms with Gasteiger partial charge in [0.15, 0.2) is 0 Å². The Morgan fingerprint density at radius 3 is 2.63 bits per heavy atom. The van der Waals surface area contributed by atoms with Gasteiger partial charge in [-0.3, -0.25) is 4.79 Å². The summed E-state index contributed by atoms with van der Waals surface area (Å²) >= 11 is 0. The van der Waals surface area contributed by atoms with Crippen LogP contribution < -0.4 is 5.32 Å². The van der Waals surface area contributed by atoms with Crippen molar-refractivity contribution >= 4 is 11.9 Å². The number of alkyl halides is 3. The van der Waals surface area contributed by atoms with E-state index < -0.39 is 29.7 Å². The summed E-state index contributed by atoms with van der Waals surface area (Å²) in [6, 6.07) is 3.54. The van der Waals surface area contributed by atoms with E-state index in [1.54, 1.807) is 0 Å². The van der Waals surface area contributed by atoms with E-state index in [9.17, 15) is 27.9 Å². The Labute approximate surface area is 154 Å². The first-order valence-electron chi connectivity index (χ1n) is 8.41. The van der Waals surface area contributed by atoms with Gasteiger partial charge < -0.3 is 10.4 Å². The van der Waals surface area contributed by atoms with Crippen LogP contribution in [0.3, 0.4) is 0 Å². The van der Waals surface area contributed by atoms with Gasteiger partial charge in [0.1, 0.15) is 6.04 Å². The van der Waals surface area contributed by atoms with Crippen molar-refractivity contribution in [3.8, 4) is 5.69 Å². The van der Waals surface area contributed by atoms with Crippen molar-refractivity contribution in [1.29, 1.82) is 0 Å². The molecule has 27 heavy (non-hydrogen) atoms. The average molecular weight is 383 g/mol. The van der Waals surface area contributed by atoms with Gasteiger partial charge in [0.2, 0.25) is 0 Å². The molecule has 0 saturated heterocycles. The fourth-order valence-corrected chi connectivity index (χ4v) is 2.61. The summed E-state index contributed by atoms with van der Waals surface area (Å²) in [5.41, 5.74) is -0.254. The second kappa shape index (κ2) is 8.24. The van der Waals surface area contributed by atoms with Crippen molar-refractivity contribution in [2.24, 2.45) is 0 Å². The third-order valence-electron chi connectivity index (χ3n) is 4.12. The number of amides is 1. The first kappa shape index (κ1) is 20.5. The number of hydrogen-bond donors (Lipinski definition) is 2. The van der Waals surface area contributed by atoms with Crippen molar-refractivity contribution in [1.82, 2.24) is 15.1 Å². The molecular weight excluding hydrogens is 363 g/mol. The number of aromatic nitrogens is 2. The maximum absolute atomic E-state index is 12.9. The van der Waals surface area contributed by atoms with Gasteiger partial charge in [-0.05, 0) is 31.5 Å². The average Bonchev–Trinajstić information content (AvgIpc) is 2.99. The molecule has 0 aliphatic rings. The lowest BCUT2D eigenvalue weighted by Crippen LogP contribution is -2.40. The van der Waals surface area contributed by atoms with E-state index in [4.69, 9.17) is 0 Å². The molecule has 0 bridgehead atoms. The number of carboxylic acid groups (broad SMARTS) is 1. The monoisotopic (exact) mass is 383 g/mol. The summed E-state index contributed by atoms with van der Waals surface area (Å²) in [7, 11) is 0. The van der Waals surface area contributed by atoms with E-state index >= 15 is 0 Å². The number of benzene rings is 1. The highest BCUT2D eigenvalue weighted by Crippen LogP contribution is 2.30. The normalized spacial score (nSPS) is 12.6. The molecule has 0 aliphatic heterocycles. The van der Waals surface area contributed by atoms with Crippen LogP contribution in [0.15, 0.2) is 30.5 Å². The Kier molecular flexibility index (Phi) is 6.24. The standard InChI is InChI=1S/C18H20F3N3O3/c1-3-4-8-15(17(26)27)23-16(25)14-10-22-24(11(14)2)13-7-5-6-12(9-13)18(19,20)21/h5-7,9-10,15H,3-4,8H2,1-2H3,(H,23,25)(H,26,27)/t15-/m0/s1. The maximum Gasteiger partial charge on any atom is 0.416 e. The van der Waals surface area contributed by atoms with E-state index in [0.29, 0.717) is 18.5 Å². The van der Waals surface area contributed by atoms with Gasteiger partial charge in [0, 0.05) is 0 Å². The summed E-state index contributed by atoms with van der Waals surface area (Å²) in [6.07, 6.45) is -1.57. The van der Waals surface area contributed by atoms with Crippen LogP contribution in [0.2, 0.25) is 0 Å². The molecule has 2 rings (SSSR count). The number of carbonyl (C=O) groups excluding carboxylic acids is 1. The molecule has 9 heteroatoms. The van der Waals surface area contributed by atoms with Gasteiger partial charge in [-0.15, -0.1) is 0 Å². The quantitative estimate of drug-likeness (QED) is 0.766. The largest absolute Gasteiger partial charge is 0.480 e. The third-order valence-corrected chi connectivity index (χ3v) is 4.12. The van der Waals surface area contributed by atoms with E-state index in [-0.39, 0.29) is 11.3 Å². The molecule has 1 aromatic heterocycles. The molecule has 1 aromatic carbocycles.